The lowest BCUT2D eigenvalue weighted by Crippen LogP contribution is -2.43. The molecule has 0 aliphatic carbocycles. The SMILES string of the molecule is CCOc1cccc(N2CCCC(C3CCCN3)C2)n1. The van der Waals surface area contributed by atoms with E-state index in [1.165, 1.54) is 32.2 Å². The van der Waals surface area contributed by atoms with Gasteiger partial charge in [-0.1, -0.05) is 6.07 Å². The van der Waals surface area contributed by atoms with Crippen molar-refractivity contribution in [2.24, 2.45) is 5.92 Å². The van der Waals surface area contributed by atoms with Crippen LogP contribution >= 0.6 is 0 Å². The molecule has 4 heteroatoms. The molecule has 0 bridgehead atoms. The number of nitrogens with one attached hydrogen (secondary N) is 1. The Morgan fingerprint density at radius 2 is 2.30 bits per heavy atom. The summed E-state index contributed by atoms with van der Waals surface area (Å²) in [5.74, 6) is 2.58. The summed E-state index contributed by atoms with van der Waals surface area (Å²) in [4.78, 5) is 7.06. The molecule has 0 aromatic carbocycles. The van der Waals surface area contributed by atoms with E-state index >= 15 is 0 Å². The van der Waals surface area contributed by atoms with Crippen molar-refractivity contribution < 1.29 is 4.74 Å². The number of nitrogens with zero attached hydrogens (tertiary/aromatic N) is 2. The first-order valence-electron chi connectivity index (χ1n) is 7.95. The number of piperidine rings is 1. The minimum absolute atomic E-state index is 0.672. The molecule has 2 aliphatic heterocycles. The summed E-state index contributed by atoms with van der Waals surface area (Å²) >= 11 is 0. The molecule has 110 valence electrons. The van der Waals surface area contributed by atoms with Gasteiger partial charge in [-0.05, 0) is 51.1 Å². The topological polar surface area (TPSA) is 37.4 Å². The van der Waals surface area contributed by atoms with Gasteiger partial charge in [0, 0.05) is 25.2 Å². The molecule has 4 nitrogen and oxygen atoms in total. The highest BCUT2D eigenvalue weighted by Crippen LogP contribution is 2.28. The van der Waals surface area contributed by atoms with Crippen LogP contribution in [0.3, 0.4) is 0 Å². The molecule has 2 fully saturated rings. The molecule has 20 heavy (non-hydrogen) atoms. The summed E-state index contributed by atoms with van der Waals surface area (Å²) in [6.45, 7) is 6.10. The first-order valence-corrected chi connectivity index (χ1v) is 7.95. The van der Waals surface area contributed by atoms with E-state index in [9.17, 15) is 0 Å². The molecule has 1 N–H and O–H groups in total. The standard InChI is InChI=1S/C16H25N3O/c1-2-20-16-9-3-8-15(18-16)19-11-5-6-13(12-19)14-7-4-10-17-14/h3,8-9,13-14,17H,2,4-7,10-12H2,1H3. The van der Waals surface area contributed by atoms with Crippen LogP contribution < -0.4 is 15.0 Å². The molecule has 3 heterocycles. The molecule has 2 atom stereocenters. The van der Waals surface area contributed by atoms with E-state index in [2.05, 4.69) is 21.3 Å². The predicted octanol–water partition coefficient (Wildman–Crippen LogP) is 2.45. The maximum Gasteiger partial charge on any atom is 0.215 e. The maximum atomic E-state index is 5.51. The second-order valence-electron chi connectivity index (χ2n) is 5.82. The molecule has 0 spiro atoms. The Morgan fingerprint density at radius 1 is 1.35 bits per heavy atom. The third kappa shape index (κ3) is 3.06. The zero-order valence-electron chi connectivity index (χ0n) is 12.3. The Hall–Kier alpha value is -1.29. The van der Waals surface area contributed by atoms with Crippen molar-refractivity contribution in [3.05, 3.63) is 18.2 Å². The van der Waals surface area contributed by atoms with Gasteiger partial charge < -0.3 is 15.0 Å². The molecule has 0 radical (unpaired) electrons. The minimum atomic E-state index is 0.672. The normalized spacial score (nSPS) is 26.8. The average molecular weight is 275 g/mol. The highest BCUT2D eigenvalue weighted by atomic mass is 16.5. The van der Waals surface area contributed by atoms with Gasteiger partial charge in [-0.2, -0.15) is 4.98 Å². The fraction of sp³-hybridized carbons (Fsp3) is 0.688. The van der Waals surface area contributed by atoms with Crippen LogP contribution in [0.4, 0.5) is 5.82 Å². The Bertz CT molecular complexity index is 431. The number of hydrogen-bond donors (Lipinski definition) is 1. The van der Waals surface area contributed by atoms with E-state index in [-0.39, 0.29) is 0 Å². The summed E-state index contributed by atoms with van der Waals surface area (Å²) in [7, 11) is 0. The van der Waals surface area contributed by atoms with Crippen molar-refractivity contribution >= 4 is 5.82 Å². The van der Waals surface area contributed by atoms with Crippen LogP contribution in [0.25, 0.3) is 0 Å². The third-order valence-electron chi connectivity index (χ3n) is 4.45. The maximum absolute atomic E-state index is 5.51. The van der Waals surface area contributed by atoms with E-state index in [4.69, 9.17) is 4.74 Å². The molecular formula is C16H25N3O. The molecule has 2 aliphatic rings. The van der Waals surface area contributed by atoms with Gasteiger partial charge in [-0.15, -0.1) is 0 Å². The fourth-order valence-electron chi connectivity index (χ4n) is 3.47. The Labute approximate surface area is 121 Å². The van der Waals surface area contributed by atoms with Crippen molar-refractivity contribution in [2.45, 2.75) is 38.6 Å². The van der Waals surface area contributed by atoms with Crippen molar-refractivity contribution in [3.8, 4) is 5.88 Å². The van der Waals surface area contributed by atoms with Gasteiger partial charge in [0.2, 0.25) is 5.88 Å². The van der Waals surface area contributed by atoms with Crippen LogP contribution in [-0.4, -0.2) is 37.3 Å². The Balaban J connectivity index is 1.68. The monoisotopic (exact) mass is 275 g/mol. The first kappa shape index (κ1) is 13.7. The molecule has 2 unspecified atom stereocenters. The van der Waals surface area contributed by atoms with Gasteiger partial charge in [0.05, 0.1) is 6.61 Å². The van der Waals surface area contributed by atoms with E-state index in [1.54, 1.807) is 0 Å². The van der Waals surface area contributed by atoms with Crippen molar-refractivity contribution in [3.63, 3.8) is 0 Å². The fourth-order valence-corrected chi connectivity index (χ4v) is 3.47. The summed E-state index contributed by atoms with van der Waals surface area (Å²) in [5.41, 5.74) is 0. The van der Waals surface area contributed by atoms with Crippen LogP contribution in [0, 0.1) is 5.92 Å². The highest BCUT2D eigenvalue weighted by molar-refractivity contribution is 5.41. The highest BCUT2D eigenvalue weighted by Gasteiger charge is 2.29. The van der Waals surface area contributed by atoms with Gasteiger partial charge in [0.15, 0.2) is 0 Å². The average Bonchev–Trinajstić information content (AvgIpc) is 3.02. The van der Waals surface area contributed by atoms with Crippen LogP contribution in [0.2, 0.25) is 0 Å². The van der Waals surface area contributed by atoms with E-state index in [0.29, 0.717) is 12.6 Å². The molecule has 1 aromatic rings. The van der Waals surface area contributed by atoms with E-state index in [1.807, 2.05) is 19.1 Å². The minimum Gasteiger partial charge on any atom is -0.478 e. The molecular weight excluding hydrogens is 250 g/mol. The van der Waals surface area contributed by atoms with Crippen LogP contribution in [0.15, 0.2) is 18.2 Å². The van der Waals surface area contributed by atoms with Crippen LogP contribution in [-0.2, 0) is 0 Å². The van der Waals surface area contributed by atoms with E-state index in [0.717, 1.165) is 30.7 Å². The number of rotatable bonds is 4. The van der Waals surface area contributed by atoms with E-state index < -0.39 is 0 Å². The van der Waals surface area contributed by atoms with Gasteiger partial charge in [0.25, 0.3) is 0 Å². The van der Waals surface area contributed by atoms with Gasteiger partial charge in [-0.25, -0.2) is 0 Å². The predicted molar refractivity (Wildman–Crippen MR) is 81.4 cm³/mol. The molecule has 2 saturated heterocycles. The summed E-state index contributed by atoms with van der Waals surface area (Å²) in [6, 6.07) is 6.80. The molecule has 3 rings (SSSR count). The molecule has 0 saturated carbocycles. The molecule has 0 amide bonds. The smallest absolute Gasteiger partial charge is 0.215 e. The third-order valence-corrected chi connectivity index (χ3v) is 4.45. The number of aromatic nitrogens is 1. The number of hydrogen-bond acceptors (Lipinski definition) is 4. The molecule has 1 aromatic heterocycles. The van der Waals surface area contributed by atoms with Crippen molar-refractivity contribution in [2.75, 3.05) is 31.1 Å². The second-order valence-corrected chi connectivity index (χ2v) is 5.82. The number of pyridine rings is 1. The van der Waals surface area contributed by atoms with Crippen LogP contribution in [0.5, 0.6) is 5.88 Å². The van der Waals surface area contributed by atoms with Gasteiger partial charge in [-0.3, -0.25) is 0 Å². The lowest BCUT2D eigenvalue weighted by Gasteiger charge is -2.36. The van der Waals surface area contributed by atoms with Crippen molar-refractivity contribution in [1.82, 2.24) is 10.3 Å². The Morgan fingerprint density at radius 3 is 3.10 bits per heavy atom. The second kappa shape index (κ2) is 6.44. The zero-order chi connectivity index (χ0) is 13.8. The lowest BCUT2D eigenvalue weighted by molar-refractivity contribution is 0.319. The summed E-state index contributed by atoms with van der Waals surface area (Å²) in [6.07, 6.45) is 5.28. The number of anilines is 1. The lowest BCUT2D eigenvalue weighted by atomic mass is 9.90. The van der Waals surface area contributed by atoms with Crippen LogP contribution in [0.1, 0.15) is 32.6 Å². The summed E-state index contributed by atoms with van der Waals surface area (Å²) < 4.78 is 5.51. The summed E-state index contributed by atoms with van der Waals surface area (Å²) in [5, 5.41) is 3.66. The first-order chi connectivity index (χ1) is 9.86. The quantitative estimate of drug-likeness (QED) is 0.916. The van der Waals surface area contributed by atoms with Crippen molar-refractivity contribution in [1.29, 1.82) is 0 Å². The zero-order valence-corrected chi connectivity index (χ0v) is 12.3. The number of ether oxygens (including phenoxy) is 1. The Kier molecular flexibility index (Phi) is 4.41. The largest absolute Gasteiger partial charge is 0.478 e. The van der Waals surface area contributed by atoms with Gasteiger partial charge >= 0.3 is 0 Å². The van der Waals surface area contributed by atoms with Gasteiger partial charge in [0.1, 0.15) is 5.82 Å².